The van der Waals surface area contributed by atoms with Crippen LogP contribution in [0.15, 0.2) is 0 Å². The van der Waals surface area contributed by atoms with Gasteiger partial charge in [-0.1, -0.05) is 13.8 Å². The number of fused-ring (bicyclic) bond motifs is 1. The van der Waals surface area contributed by atoms with Gasteiger partial charge in [0.1, 0.15) is 0 Å². The van der Waals surface area contributed by atoms with E-state index in [4.69, 9.17) is 4.84 Å². The number of nitrogens with zero attached hydrogens (tertiary/aromatic N) is 1. The van der Waals surface area contributed by atoms with Gasteiger partial charge in [0.2, 0.25) is 5.91 Å². The van der Waals surface area contributed by atoms with Gasteiger partial charge in [0.25, 0.3) is 0 Å². The van der Waals surface area contributed by atoms with E-state index >= 15 is 0 Å². The molecule has 74 valence electrons. The molecule has 2 fully saturated rings. The molecule has 1 N–H and O–H groups in total. The van der Waals surface area contributed by atoms with E-state index in [1.54, 1.807) is 0 Å². The maximum atomic E-state index is 11.6. The number of hydrogen-bond acceptors (Lipinski definition) is 3. The van der Waals surface area contributed by atoms with Crippen LogP contribution in [0.5, 0.6) is 0 Å². The number of hydroxylamine groups is 1. The second kappa shape index (κ2) is 3.27. The summed E-state index contributed by atoms with van der Waals surface area (Å²) < 4.78 is 0. The van der Waals surface area contributed by atoms with Gasteiger partial charge in [-0.05, 0) is 0 Å². The van der Waals surface area contributed by atoms with Crippen molar-refractivity contribution < 1.29 is 9.63 Å². The van der Waals surface area contributed by atoms with E-state index in [-0.39, 0.29) is 11.8 Å². The van der Waals surface area contributed by atoms with Crippen LogP contribution in [0.25, 0.3) is 0 Å². The molecule has 0 aromatic heterocycles. The Hall–Kier alpha value is -0.610. The Kier molecular flexibility index (Phi) is 2.26. The van der Waals surface area contributed by atoms with E-state index < -0.39 is 0 Å². The van der Waals surface area contributed by atoms with Crippen molar-refractivity contribution in [2.24, 2.45) is 11.8 Å². The molecule has 2 aliphatic heterocycles. The van der Waals surface area contributed by atoms with Crippen molar-refractivity contribution >= 4 is 5.91 Å². The van der Waals surface area contributed by atoms with E-state index in [2.05, 4.69) is 5.48 Å². The number of likely N-dealkylation sites (tertiary alicyclic amines) is 1. The SMILES string of the molecule is CC(C)C(=O)N1C[C@@H]2CON[C@@H]2C1. The maximum Gasteiger partial charge on any atom is 0.225 e. The summed E-state index contributed by atoms with van der Waals surface area (Å²) in [6.45, 7) is 6.30. The lowest BCUT2D eigenvalue weighted by molar-refractivity contribution is -0.134. The van der Waals surface area contributed by atoms with Crippen LogP contribution in [-0.4, -0.2) is 36.5 Å². The molecule has 0 spiro atoms. The van der Waals surface area contributed by atoms with Crippen LogP contribution in [0.4, 0.5) is 0 Å². The molecular weight excluding hydrogens is 168 g/mol. The zero-order valence-electron chi connectivity index (χ0n) is 8.12. The smallest absolute Gasteiger partial charge is 0.225 e. The molecule has 0 radical (unpaired) electrons. The molecule has 0 bridgehead atoms. The Morgan fingerprint density at radius 1 is 1.54 bits per heavy atom. The van der Waals surface area contributed by atoms with Gasteiger partial charge < -0.3 is 9.74 Å². The molecule has 2 heterocycles. The Morgan fingerprint density at radius 2 is 2.31 bits per heavy atom. The van der Waals surface area contributed by atoms with E-state index in [9.17, 15) is 4.79 Å². The highest BCUT2D eigenvalue weighted by Crippen LogP contribution is 2.22. The van der Waals surface area contributed by atoms with Crippen molar-refractivity contribution in [1.82, 2.24) is 10.4 Å². The average molecular weight is 184 g/mol. The average Bonchev–Trinajstić information content (AvgIpc) is 2.59. The topological polar surface area (TPSA) is 41.6 Å². The third-order valence-electron chi connectivity index (χ3n) is 2.78. The second-order valence-electron chi connectivity index (χ2n) is 4.19. The summed E-state index contributed by atoms with van der Waals surface area (Å²) in [6.07, 6.45) is 0. The van der Waals surface area contributed by atoms with Crippen LogP contribution in [0, 0.1) is 11.8 Å². The minimum atomic E-state index is 0.111. The van der Waals surface area contributed by atoms with Gasteiger partial charge in [-0.2, -0.15) is 5.48 Å². The molecule has 0 aromatic carbocycles. The molecule has 4 nitrogen and oxygen atoms in total. The first kappa shape index (κ1) is 8.97. The highest BCUT2D eigenvalue weighted by Gasteiger charge is 2.39. The molecule has 2 aliphatic rings. The van der Waals surface area contributed by atoms with Crippen LogP contribution in [0.2, 0.25) is 0 Å². The van der Waals surface area contributed by atoms with Crippen LogP contribution in [0.1, 0.15) is 13.8 Å². The standard InChI is InChI=1S/C9H16N2O2/c1-6(2)9(12)11-3-7-5-13-10-8(7)4-11/h6-8,10H,3-5H2,1-2H3/t7-,8-/m1/s1. The fourth-order valence-corrected chi connectivity index (χ4v) is 1.98. The number of rotatable bonds is 1. The first-order valence-electron chi connectivity index (χ1n) is 4.84. The van der Waals surface area contributed by atoms with Crippen LogP contribution in [0.3, 0.4) is 0 Å². The summed E-state index contributed by atoms with van der Waals surface area (Å²) in [5.41, 5.74) is 2.95. The monoisotopic (exact) mass is 184 g/mol. The minimum absolute atomic E-state index is 0.111. The summed E-state index contributed by atoms with van der Waals surface area (Å²) in [5.74, 6) is 0.874. The Balaban J connectivity index is 1.95. The number of carbonyl (C=O) groups is 1. The van der Waals surface area contributed by atoms with Crippen molar-refractivity contribution in [3.63, 3.8) is 0 Å². The van der Waals surface area contributed by atoms with Crippen molar-refractivity contribution in [3.05, 3.63) is 0 Å². The molecule has 1 amide bonds. The third kappa shape index (κ3) is 1.56. The molecule has 0 aromatic rings. The second-order valence-corrected chi connectivity index (χ2v) is 4.19. The number of nitrogens with one attached hydrogen (secondary N) is 1. The zero-order chi connectivity index (χ0) is 9.42. The zero-order valence-corrected chi connectivity index (χ0v) is 8.12. The van der Waals surface area contributed by atoms with Gasteiger partial charge in [-0.15, -0.1) is 0 Å². The van der Waals surface area contributed by atoms with Crippen molar-refractivity contribution in [1.29, 1.82) is 0 Å². The quantitative estimate of drug-likeness (QED) is 0.624. The maximum absolute atomic E-state index is 11.6. The number of hydrogen-bond donors (Lipinski definition) is 1. The van der Waals surface area contributed by atoms with E-state index in [0.717, 1.165) is 19.7 Å². The molecule has 0 saturated carbocycles. The van der Waals surface area contributed by atoms with E-state index in [1.807, 2.05) is 18.7 Å². The molecule has 2 saturated heterocycles. The minimum Gasteiger partial charge on any atom is -0.340 e. The highest BCUT2D eigenvalue weighted by atomic mass is 16.7. The summed E-state index contributed by atoms with van der Waals surface area (Å²) in [6, 6.07) is 0.364. The fourth-order valence-electron chi connectivity index (χ4n) is 1.98. The van der Waals surface area contributed by atoms with Crippen LogP contribution < -0.4 is 5.48 Å². The lowest BCUT2D eigenvalue weighted by Crippen LogP contribution is -2.35. The lowest BCUT2D eigenvalue weighted by Gasteiger charge is -2.19. The molecule has 13 heavy (non-hydrogen) atoms. The van der Waals surface area contributed by atoms with Gasteiger partial charge >= 0.3 is 0 Å². The predicted molar refractivity (Wildman–Crippen MR) is 47.8 cm³/mol. The Labute approximate surface area is 78.2 Å². The fraction of sp³-hybridized carbons (Fsp3) is 0.889. The van der Waals surface area contributed by atoms with Crippen molar-refractivity contribution in [3.8, 4) is 0 Å². The highest BCUT2D eigenvalue weighted by molar-refractivity contribution is 5.78. The first-order valence-corrected chi connectivity index (χ1v) is 4.84. The molecular formula is C9H16N2O2. The predicted octanol–water partition coefficient (Wildman–Crippen LogP) is 0.00420. The molecule has 2 rings (SSSR count). The normalized spacial score (nSPS) is 32.7. The number of carbonyl (C=O) groups excluding carboxylic acids is 1. The van der Waals surface area contributed by atoms with Gasteiger partial charge in [0.15, 0.2) is 0 Å². The summed E-state index contributed by atoms with van der Waals surface area (Å²) in [7, 11) is 0. The van der Waals surface area contributed by atoms with E-state index in [0.29, 0.717) is 12.0 Å². The van der Waals surface area contributed by atoms with Crippen LogP contribution in [-0.2, 0) is 9.63 Å². The summed E-state index contributed by atoms with van der Waals surface area (Å²) >= 11 is 0. The molecule has 4 heteroatoms. The largest absolute Gasteiger partial charge is 0.340 e. The Bertz CT molecular complexity index is 206. The van der Waals surface area contributed by atoms with Crippen molar-refractivity contribution in [2.45, 2.75) is 19.9 Å². The lowest BCUT2D eigenvalue weighted by atomic mass is 10.1. The van der Waals surface area contributed by atoms with Gasteiger partial charge in [0.05, 0.1) is 12.6 Å². The van der Waals surface area contributed by atoms with Crippen LogP contribution >= 0.6 is 0 Å². The number of amides is 1. The van der Waals surface area contributed by atoms with Crippen molar-refractivity contribution in [2.75, 3.05) is 19.7 Å². The van der Waals surface area contributed by atoms with Gasteiger partial charge in [-0.3, -0.25) is 4.79 Å². The third-order valence-corrected chi connectivity index (χ3v) is 2.78. The van der Waals surface area contributed by atoms with E-state index in [1.165, 1.54) is 0 Å². The molecule has 0 aliphatic carbocycles. The summed E-state index contributed by atoms with van der Waals surface area (Å²) in [4.78, 5) is 18.7. The molecule has 2 atom stereocenters. The molecule has 0 unspecified atom stereocenters. The summed E-state index contributed by atoms with van der Waals surface area (Å²) in [5, 5.41) is 0. The Morgan fingerprint density at radius 3 is 2.92 bits per heavy atom. The van der Waals surface area contributed by atoms with Gasteiger partial charge in [-0.25, -0.2) is 0 Å². The first-order chi connectivity index (χ1) is 6.18. The van der Waals surface area contributed by atoms with Gasteiger partial charge in [0, 0.05) is 24.9 Å².